The van der Waals surface area contributed by atoms with E-state index in [1.54, 1.807) is 30.7 Å². The van der Waals surface area contributed by atoms with Crippen molar-refractivity contribution in [3.8, 4) is 22.3 Å². The Morgan fingerprint density at radius 1 is 1.24 bits per heavy atom. The quantitative estimate of drug-likeness (QED) is 0.631. The highest BCUT2D eigenvalue weighted by Crippen LogP contribution is 2.26. The average molecular weight is 457 g/mol. The second-order valence-corrected chi connectivity index (χ2v) is 7.30. The van der Waals surface area contributed by atoms with Gasteiger partial charge < -0.3 is 14.6 Å². The van der Waals surface area contributed by atoms with Crippen molar-refractivity contribution in [3.63, 3.8) is 0 Å². The molecule has 11 heteroatoms. The Bertz CT molecular complexity index is 847. The van der Waals surface area contributed by atoms with Crippen molar-refractivity contribution in [1.82, 2.24) is 24.8 Å². The molecule has 0 radical (unpaired) electrons. The third kappa shape index (κ3) is 5.97. The van der Waals surface area contributed by atoms with Crippen LogP contribution in [0.1, 0.15) is 0 Å². The van der Waals surface area contributed by atoms with Gasteiger partial charge >= 0.3 is 0 Å². The third-order valence-electron chi connectivity index (χ3n) is 4.35. The van der Waals surface area contributed by atoms with E-state index in [9.17, 15) is 4.79 Å². The summed E-state index contributed by atoms with van der Waals surface area (Å²) in [5, 5.41) is 5.54. The number of furan rings is 1. The molecular weight excluding hydrogens is 435 g/mol. The third-order valence-corrected chi connectivity index (χ3v) is 5.15. The number of nitrogens with zero attached hydrogens (tertiary/aromatic N) is 5. The lowest BCUT2D eigenvalue weighted by Crippen LogP contribution is -2.47. The van der Waals surface area contributed by atoms with Gasteiger partial charge in [-0.05, 0) is 19.2 Å². The van der Waals surface area contributed by atoms with Crippen LogP contribution in [0.2, 0.25) is 0 Å². The Morgan fingerprint density at radius 3 is 2.69 bits per heavy atom. The number of likely N-dealkylation sites (N-methyl/N-ethyl adjacent to an activating group) is 1. The molecule has 1 fully saturated rings. The van der Waals surface area contributed by atoms with Crippen LogP contribution in [0.25, 0.3) is 22.3 Å². The molecule has 0 atom stereocenters. The molecule has 0 saturated carbocycles. The average Bonchev–Trinajstić information content (AvgIpc) is 3.37. The van der Waals surface area contributed by atoms with Gasteiger partial charge in [0.25, 0.3) is 0 Å². The summed E-state index contributed by atoms with van der Waals surface area (Å²) in [7, 11) is 2.09. The second-order valence-electron chi connectivity index (χ2n) is 6.40. The van der Waals surface area contributed by atoms with E-state index in [0.717, 1.165) is 31.2 Å². The SMILES string of the molecule is CN1CCN(CC(=O)Nc2cc(-c3nccs3)nc(-c3ccco3)n2)CC1.Cl.Cl. The van der Waals surface area contributed by atoms with Crippen molar-refractivity contribution in [3.05, 3.63) is 36.0 Å². The summed E-state index contributed by atoms with van der Waals surface area (Å²) >= 11 is 1.48. The number of hydrogen-bond acceptors (Lipinski definition) is 8. The molecule has 1 amide bonds. The van der Waals surface area contributed by atoms with Crippen LogP contribution in [0.5, 0.6) is 0 Å². The molecule has 0 aliphatic carbocycles. The van der Waals surface area contributed by atoms with Crippen LogP contribution in [0.3, 0.4) is 0 Å². The summed E-state index contributed by atoms with van der Waals surface area (Å²) in [6.45, 7) is 4.06. The molecule has 3 aromatic heterocycles. The molecule has 0 aromatic carbocycles. The number of carbonyl (C=O) groups excluding carboxylic acids is 1. The minimum absolute atomic E-state index is 0. The van der Waals surface area contributed by atoms with Crippen molar-refractivity contribution < 1.29 is 9.21 Å². The number of anilines is 1. The number of amides is 1. The van der Waals surface area contributed by atoms with E-state index in [4.69, 9.17) is 4.42 Å². The van der Waals surface area contributed by atoms with E-state index in [0.29, 0.717) is 29.6 Å². The van der Waals surface area contributed by atoms with Crippen molar-refractivity contribution in [2.45, 2.75) is 0 Å². The fourth-order valence-electron chi connectivity index (χ4n) is 2.88. The second kappa shape index (κ2) is 10.7. The van der Waals surface area contributed by atoms with Crippen LogP contribution in [0, 0.1) is 0 Å². The number of halogens is 2. The fraction of sp³-hybridized carbons (Fsp3) is 0.333. The van der Waals surface area contributed by atoms with Crippen molar-refractivity contribution in [2.24, 2.45) is 0 Å². The highest BCUT2D eigenvalue weighted by Gasteiger charge is 2.18. The van der Waals surface area contributed by atoms with E-state index < -0.39 is 0 Å². The molecule has 1 aliphatic rings. The van der Waals surface area contributed by atoms with Crippen molar-refractivity contribution >= 4 is 47.9 Å². The lowest BCUT2D eigenvalue weighted by molar-refractivity contribution is -0.117. The molecule has 29 heavy (non-hydrogen) atoms. The predicted molar refractivity (Wildman–Crippen MR) is 118 cm³/mol. The monoisotopic (exact) mass is 456 g/mol. The van der Waals surface area contributed by atoms with Gasteiger partial charge in [0.15, 0.2) is 11.6 Å². The first-order chi connectivity index (χ1) is 13.2. The number of rotatable bonds is 5. The first-order valence-corrected chi connectivity index (χ1v) is 9.59. The summed E-state index contributed by atoms with van der Waals surface area (Å²) in [5.41, 5.74) is 0.654. The van der Waals surface area contributed by atoms with Gasteiger partial charge in [-0.3, -0.25) is 9.69 Å². The van der Waals surface area contributed by atoms with Gasteiger partial charge in [0.1, 0.15) is 16.5 Å². The number of thiazole rings is 1. The van der Waals surface area contributed by atoms with Crippen LogP contribution >= 0.6 is 36.2 Å². The maximum absolute atomic E-state index is 12.5. The van der Waals surface area contributed by atoms with E-state index in [-0.39, 0.29) is 30.7 Å². The first-order valence-electron chi connectivity index (χ1n) is 8.71. The zero-order valence-electron chi connectivity index (χ0n) is 15.8. The van der Waals surface area contributed by atoms with Gasteiger partial charge in [-0.25, -0.2) is 15.0 Å². The van der Waals surface area contributed by atoms with Crippen molar-refractivity contribution in [1.29, 1.82) is 0 Å². The van der Waals surface area contributed by atoms with Gasteiger partial charge in [-0.15, -0.1) is 36.2 Å². The summed E-state index contributed by atoms with van der Waals surface area (Å²) in [5.74, 6) is 1.32. The smallest absolute Gasteiger partial charge is 0.239 e. The Labute approximate surface area is 185 Å². The lowest BCUT2D eigenvalue weighted by Gasteiger charge is -2.31. The molecular formula is C18H22Cl2N6O2S. The largest absolute Gasteiger partial charge is 0.461 e. The normalized spacial score (nSPS) is 14.7. The highest BCUT2D eigenvalue weighted by atomic mass is 35.5. The van der Waals surface area contributed by atoms with E-state index in [2.05, 4.69) is 37.1 Å². The topological polar surface area (TPSA) is 87.4 Å². The van der Waals surface area contributed by atoms with Crippen molar-refractivity contribution in [2.75, 3.05) is 45.1 Å². The highest BCUT2D eigenvalue weighted by molar-refractivity contribution is 7.13. The summed E-state index contributed by atoms with van der Waals surface area (Å²) in [4.78, 5) is 30.2. The van der Waals surface area contributed by atoms with Gasteiger partial charge in [-0.2, -0.15) is 0 Å². The van der Waals surface area contributed by atoms with Gasteiger partial charge in [0, 0.05) is 43.8 Å². The molecule has 1 N–H and O–H groups in total. The Kier molecular flexibility index (Phi) is 8.54. The van der Waals surface area contributed by atoms with Crippen LogP contribution in [0.15, 0.2) is 40.5 Å². The van der Waals surface area contributed by atoms with Crippen LogP contribution in [-0.4, -0.2) is 70.4 Å². The lowest BCUT2D eigenvalue weighted by atomic mass is 10.3. The number of nitrogens with one attached hydrogen (secondary N) is 1. The summed E-state index contributed by atoms with van der Waals surface area (Å²) < 4.78 is 5.42. The first kappa shape index (κ1) is 23.2. The van der Waals surface area contributed by atoms with E-state index >= 15 is 0 Å². The van der Waals surface area contributed by atoms with Crippen LogP contribution < -0.4 is 5.32 Å². The maximum Gasteiger partial charge on any atom is 0.239 e. The molecule has 0 spiro atoms. The van der Waals surface area contributed by atoms with Crippen LogP contribution in [0.4, 0.5) is 5.82 Å². The molecule has 156 valence electrons. The Morgan fingerprint density at radius 2 is 2.03 bits per heavy atom. The molecule has 4 heterocycles. The molecule has 8 nitrogen and oxygen atoms in total. The minimum atomic E-state index is -0.0891. The fourth-order valence-corrected chi connectivity index (χ4v) is 3.48. The summed E-state index contributed by atoms with van der Waals surface area (Å²) in [6, 6.07) is 5.31. The molecule has 1 saturated heterocycles. The Balaban J connectivity index is 0.00000150. The van der Waals surface area contributed by atoms with Crippen LogP contribution in [-0.2, 0) is 4.79 Å². The van der Waals surface area contributed by atoms with E-state index in [1.165, 1.54) is 11.3 Å². The molecule has 4 rings (SSSR count). The zero-order chi connectivity index (χ0) is 18.6. The Hall–Kier alpha value is -2.04. The van der Waals surface area contributed by atoms with Gasteiger partial charge in [0.2, 0.25) is 5.91 Å². The van der Waals surface area contributed by atoms with Gasteiger partial charge in [-0.1, -0.05) is 0 Å². The standard InChI is InChI=1S/C18H20N6O2S.2ClH/c1-23-5-7-24(8-6-23)12-16(25)21-15-11-13(18-19-4-10-27-18)20-17(22-15)14-3-2-9-26-14;;/h2-4,9-11H,5-8,12H2,1H3,(H,20,21,22,25);2*1H. The van der Waals surface area contributed by atoms with E-state index in [1.807, 2.05) is 5.38 Å². The number of piperazine rings is 1. The zero-order valence-corrected chi connectivity index (χ0v) is 18.2. The number of carbonyl (C=O) groups is 1. The molecule has 0 unspecified atom stereocenters. The number of hydrogen-bond donors (Lipinski definition) is 1. The number of aromatic nitrogens is 3. The molecule has 1 aliphatic heterocycles. The summed E-state index contributed by atoms with van der Waals surface area (Å²) in [6.07, 6.45) is 3.29. The minimum Gasteiger partial charge on any atom is -0.461 e. The molecule has 0 bridgehead atoms. The maximum atomic E-state index is 12.5. The van der Waals surface area contributed by atoms with Gasteiger partial charge in [0.05, 0.1) is 12.8 Å². The predicted octanol–water partition coefficient (Wildman–Crippen LogP) is 2.89. The molecule has 3 aromatic rings.